The van der Waals surface area contributed by atoms with Crippen LogP contribution < -0.4 is 5.32 Å². The summed E-state index contributed by atoms with van der Waals surface area (Å²) in [6.45, 7) is 9.14. The van der Waals surface area contributed by atoms with Gasteiger partial charge in [-0.25, -0.2) is 4.39 Å². The standard InChI is InChI=1S/C30H41FN2O/c1-5-7-22-8-14-26-24(20-22)11-15-28-29(2,17-6-18-30(26,28)3)21-32-19-16-27(33-34-4)23-9-12-25(31)13-10-23/h8-10,12-14,20,28,32H,5-7,11,15-19,21H2,1-4H3. The maximum atomic E-state index is 13.3. The van der Waals surface area contributed by atoms with Crippen molar-refractivity contribution in [2.75, 3.05) is 20.2 Å². The van der Waals surface area contributed by atoms with Gasteiger partial charge >= 0.3 is 0 Å². The first-order valence-electron chi connectivity index (χ1n) is 13.1. The molecule has 0 radical (unpaired) electrons. The van der Waals surface area contributed by atoms with Crippen LogP contribution in [-0.2, 0) is 23.1 Å². The van der Waals surface area contributed by atoms with Crippen molar-refractivity contribution >= 4 is 5.71 Å². The predicted octanol–water partition coefficient (Wildman–Crippen LogP) is 6.82. The van der Waals surface area contributed by atoms with Crippen LogP contribution in [0.3, 0.4) is 0 Å². The van der Waals surface area contributed by atoms with Crippen LogP contribution in [0.2, 0.25) is 0 Å². The number of benzene rings is 2. The van der Waals surface area contributed by atoms with E-state index < -0.39 is 0 Å². The van der Waals surface area contributed by atoms with Crippen molar-refractivity contribution in [3.63, 3.8) is 0 Å². The van der Waals surface area contributed by atoms with Crippen molar-refractivity contribution in [2.45, 2.75) is 77.6 Å². The molecule has 2 aromatic carbocycles. The summed E-state index contributed by atoms with van der Waals surface area (Å²) in [6.07, 6.45) is 9.49. The lowest BCUT2D eigenvalue weighted by atomic mass is 9.49. The molecule has 4 heteroatoms. The number of aryl methyl sites for hydroxylation is 2. The zero-order chi connectivity index (χ0) is 24.2. The quantitative estimate of drug-likeness (QED) is 0.251. The average Bonchev–Trinajstić information content (AvgIpc) is 2.82. The third-order valence-corrected chi connectivity index (χ3v) is 8.53. The minimum Gasteiger partial charge on any atom is -0.399 e. The zero-order valence-corrected chi connectivity index (χ0v) is 21.4. The fraction of sp³-hybridized carbons (Fsp3) is 0.567. The largest absolute Gasteiger partial charge is 0.399 e. The van der Waals surface area contributed by atoms with Gasteiger partial charge in [0.1, 0.15) is 12.9 Å². The second-order valence-electron chi connectivity index (χ2n) is 10.9. The minimum atomic E-state index is -0.234. The monoisotopic (exact) mass is 464 g/mol. The molecule has 3 nitrogen and oxygen atoms in total. The van der Waals surface area contributed by atoms with Gasteiger partial charge in [-0.15, -0.1) is 0 Å². The third kappa shape index (κ3) is 5.07. The molecule has 184 valence electrons. The maximum Gasteiger partial charge on any atom is 0.123 e. The third-order valence-electron chi connectivity index (χ3n) is 8.53. The van der Waals surface area contributed by atoms with Crippen LogP contribution in [0.25, 0.3) is 0 Å². The highest BCUT2D eigenvalue weighted by molar-refractivity contribution is 6.00. The van der Waals surface area contributed by atoms with Crippen molar-refractivity contribution in [3.8, 4) is 0 Å². The normalized spacial score (nSPS) is 26.6. The molecule has 0 amide bonds. The molecule has 2 aliphatic carbocycles. The molecule has 2 aromatic rings. The summed E-state index contributed by atoms with van der Waals surface area (Å²) in [7, 11) is 1.56. The summed E-state index contributed by atoms with van der Waals surface area (Å²) >= 11 is 0. The van der Waals surface area contributed by atoms with Crippen molar-refractivity contribution in [3.05, 3.63) is 70.5 Å². The summed E-state index contributed by atoms with van der Waals surface area (Å²) in [5.41, 5.74) is 7.02. The molecule has 0 aliphatic heterocycles. The molecule has 1 N–H and O–H groups in total. The SMILES string of the molecule is CCCc1ccc2c(c1)CCC1C(C)(CNCCC(=NOC)c3ccc(F)cc3)CCCC21C. The summed E-state index contributed by atoms with van der Waals surface area (Å²) < 4.78 is 13.3. The number of oxime groups is 1. The molecule has 3 atom stereocenters. The second kappa shape index (κ2) is 10.6. The van der Waals surface area contributed by atoms with Crippen LogP contribution in [0.4, 0.5) is 4.39 Å². The van der Waals surface area contributed by atoms with Gasteiger partial charge in [0.25, 0.3) is 0 Å². The van der Waals surface area contributed by atoms with Crippen LogP contribution in [0, 0.1) is 17.2 Å². The fourth-order valence-electron chi connectivity index (χ4n) is 6.91. The van der Waals surface area contributed by atoms with Crippen LogP contribution in [0.15, 0.2) is 47.6 Å². The highest BCUT2D eigenvalue weighted by Crippen LogP contribution is 2.57. The first-order valence-corrected chi connectivity index (χ1v) is 13.1. The molecule has 1 saturated carbocycles. The zero-order valence-electron chi connectivity index (χ0n) is 21.4. The van der Waals surface area contributed by atoms with E-state index in [1.807, 2.05) is 0 Å². The highest BCUT2D eigenvalue weighted by Gasteiger charge is 2.51. The van der Waals surface area contributed by atoms with E-state index in [9.17, 15) is 4.39 Å². The Kier molecular flexibility index (Phi) is 7.77. The summed E-state index contributed by atoms with van der Waals surface area (Å²) in [6, 6.07) is 13.8. The lowest BCUT2D eigenvalue weighted by molar-refractivity contribution is 0.0262. The van der Waals surface area contributed by atoms with Crippen LogP contribution in [-0.4, -0.2) is 25.9 Å². The van der Waals surface area contributed by atoms with E-state index in [2.05, 4.69) is 49.4 Å². The van der Waals surface area contributed by atoms with Gasteiger partial charge in [-0.1, -0.05) is 69.1 Å². The van der Waals surface area contributed by atoms with Gasteiger partial charge in [-0.05, 0) is 83.2 Å². The van der Waals surface area contributed by atoms with E-state index in [0.29, 0.717) is 5.92 Å². The number of halogens is 1. The lowest BCUT2D eigenvalue weighted by Gasteiger charge is -2.55. The smallest absolute Gasteiger partial charge is 0.123 e. The highest BCUT2D eigenvalue weighted by atomic mass is 19.1. The summed E-state index contributed by atoms with van der Waals surface area (Å²) in [4.78, 5) is 5.06. The van der Waals surface area contributed by atoms with E-state index in [0.717, 1.165) is 30.8 Å². The first-order chi connectivity index (χ1) is 16.4. The average molecular weight is 465 g/mol. The number of fused-ring (bicyclic) bond motifs is 3. The Morgan fingerprint density at radius 2 is 1.94 bits per heavy atom. The first kappa shape index (κ1) is 24.9. The van der Waals surface area contributed by atoms with Crippen molar-refractivity contribution in [1.82, 2.24) is 5.32 Å². The molecule has 1 fully saturated rings. The number of nitrogens with zero attached hydrogens (tertiary/aromatic N) is 1. The number of hydrogen-bond donors (Lipinski definition) is 1. The molecular weight excluding hydrogens is 423 g/mol. The predicted molar refractivity (Wildman–Crippen MR) is 139 cm³/mol. The Morgan fingerprint density at radius 3 is 2.68 bits per heavy atom. The minimum absolute atomic E-state index is 0.234. The Balaban J connectivity index is 1.42. The lowest BCUT2D eigenvalue weighted by Crippen LogP contribution is -2.52. The van der Waals surface area contributed by atoms with Crippen molar-refractivity contribution < 1.29 is 9.23 Å². The molecule has 4 rings (SSSR count). The number of nitrogens with one attached hydrogen (secondary N) is 1. The molecule has 0 spiro atoms. The van der Waals surface area contributed by atoms with Gasteiger partial charge < -0.3 is 10.2 Å². The van der Waals surface area contributed by atoms with Gasteiger partial charge in [-0.3, -0.25) is 0 Å². The van der Waals surface area contributed by atoms with E-state index >= 15 is 0 Å². The van der Waals surface area contributed by atoms with Gasteiger partial charge in [0.2, 0.25) is 0 Å². The van der Waals surface area contributed by atoms with Gasteiger partial charge in [0.05, 0.1) is 5.71 Å². The second-order valence-corrected chi connectivity index (χ2v) is 10.9. The Labute approximate surface area is 205 Å². The van der Waals surface area contributed by atoms with E-state index in [1.165, 1.54) is 62.6 Å². The molecule has 3 unspecified atom stereocenters. The van der Waals surface area contributed by atoms with Crippen LogP contribution in [0.5, 0.6) is 0 Å². The molecule has 0 bridgehead atoms. The van der Waals surface area contributed by atoms with Gasteiger partial charge in [0.15, 0.2) is 0 Å². The molecular formula is C30H41FN2O. The fourth-order valence-corrected chi connectivity index (χ4v) is 6.91. The Hall–Kier alpha value is -2.20. The van der Waals surface area contributed by atoms with Crippen LogP contribution >= 0.6 is 0 Å². The molecule has 2 aliphatic rings. The summed E-state index contributed by atoms with van der Waals surface area (Å²) in [5.74, 6) is 0.456. The Morgan fingerprint density at radius 1 is 1.15 bits per heavy atom. The number of hydrogen-bond acceptors (Lipinski definition) is 3. The van der Waals surface area contributed by atoms with Gasteiger partial charge in [-0.2, -0.15) is 0 Å². The summed E-state index contributed by atoms with van der Waals surface area (Å²) in [5, 5.41) is 7.96. The van der Waals surface area contributed by atoms with E-state index in [-0.39, 0.29) is 16.6 Å². The Bertz CT molecular complexity index is 1000. The molecule has 0 heterocycles. The van der Waals surface area contributed by atoms with Gasteiger partial charge in [0, 0.05) is 19.5 Å². The van der Waals surface area contributed by atoms with E-state index in [4.69, 9.17) is 4.84 Å². The molecule has 0 saturated heterocycles. The molecule has 0 aromatic heterocycles. The van der Waals surface area contributed by atoms with Crippen molar-refractivity contribution in [2.24, 2.45) is 16.5 Å². The molecule has 34 heavy (non-hydrogen) atoms. The van der Waals surface area contributed by atoms with Crippen molar-refractivity contribution in [1.29, 1.82) is 0 Å². The van der Waals surface area contributed by atoms with E-state index in [1.54, 1.807) is 30.4 Å². The van der Waals surface area contributed by atoms with Crippen LogP contribution in [0.1, 0.15) is 81.5 Å². The topological polar surface area (TPSA) is 33.6 Å². The number of rotatable bonds is 9. The maximum absolute atomic E-state index is 13.3.